The van der Waals surface area contributed by atoms with Gasteiger partial charge in [0.15, 0.2) is 0 Å². The van der Waals surface area contributed by atoms with E-state index in [1.807, 2.05) is 26.1 Å². The van der Waals surface area contributed by atoms with Crippen LogP contribution < -0.4 is 16.9 Å². The maximum atomic E-state index is 13.2. The maximum Gasteiger partial charge on any atom is 0.274 e. The number of fused-ring (bicyclic) bond motifs is 1. The quantitative estimate of drug-likeness (QED) is 0.349. The van der Waals surface area contributed by atoms with Crippen molar-refractivity contribution in [3.05, 3.63) is 87.0 Å². The van der Waals surface area contributed by atoms with E-state index in [4.69, 9.17) is 10.5 Å². The fourth-order valence-corrected chi connectivity index (χ4v) is 5.07. The predicted molar refractivity (Wildman–Crippen MR) is 162 cm³/mol. The van der Waals surface area contributed by atoms with Gasteiger partial charge >= 0.3 is 0 Å². The summed E-state index contributed by atoms with van der Waals surface area (Å²) in [4.78, 5) is 36.2. The number of nitrogens with two attached hydrogens (primary N) is 1. The Hall–Kier alpha value is -4.21. The molecule has 1 saturated heterocycles. The zero-order chi connectivity index (χ0) is 28.4. The zero-order valence-electron chi connectivity index (χ0n) is 23.5. The molecular weight excluding hydrogens is 504 g/mol. The number of morpholine rings is 1. The lowest BCUT2D eigenvalue weighted by atomic mass is 9.94. The molecule has 0 saturated carbocycles. The second-order valence-corrected chi connectivity index (χ2v) is 10.6. The molecule has 3 aromatic heterocycles. The van der Waals surface area contributed by atoms with E-state index in [-0.39, 0.29) is 17.2 Å². The molecule has 3 N–H and O–H groups in total. The summed E-state index contributed by atoms with van der Waals surface area (Å²) < 4.78 is 8.64. The Morgan fingerprint density at radius 3 is 2.52 bits per heavy atom. The van der Waals surface area contributed by atoms with Crippen LogP contribution in [0.2, 0.25) is 0 Å². The Balaban J connectivity index is 1.67. The minimum atomic E-state index is -0.167. The van der Waals surface area contributed by atoms with Crippen molar-refractivity contribution in [3.63, 3.8) is 0 Å². The number of aromatic nitrogens is 3. The largest absolute Gasteiger partial charge is 0.404 e. The van der Waals surface area contributed by atoms with Crippen LogP contribution in [0, 0.1) is 0 Å². The standard InChI is InChI=1S/C31H36N6O3/c1-20(2)33-16-23(15-32)28-13-25-27(19-36(4)31(39)30(25)34-28)24-14-29(38)35(3)18-26(24)22-7-5-6-21(12-22)17-37-8-10-40-11-9-37/h5-7,12-16,18-20,34H,8-11,17,32H2,1-4H3. The van der Waals surface area contributed by atoms with Crippen molar-refractivity contribution in [2.24, 2.45) is 24.8 Å². The molecule has 0 bridgehead atoms. The summed E-state index contributed by atoms with van der Waals surface area (Å²) >= 11 is 0. The number of pyridine rings is 2. The molecule has 0 amide bonds. The molecule has 0 spiro atoms. The molecule has 1 aromatic carbocycles. The van der Waals surface area contributed by atoms with E-state index < -0.39 is 0 Å². The van der Waals surface area contributed by atoms with Crippen LogP contribution in [0.15, 0.2) is 69.6 Å². The zero-order valence-corrected chi connectivity index (χ0v) is 23.5. The Labute approximate surface area is 233 Å². The van der Waals surface area contributed by atoms with Crippen molar-refractivity contribution in [3.8, 4) is 22.3 Å². The smallest absolute Gasteiger partial charge is 0.274 e. The Bertz CT molecular complexity index is 1720. The van der Waals surface area contributed by atoms with Gasteiger partial charge in [-0.1, -0.05) is 18.2 Å². The molecule has 4 heterocycles. The summed E-state index contributed by atoms with van der Waals surface area (Å²) in [5.74, 6) is 0. The highest BCUT2D eigenvalue weighted by Gasteiger charge is 2.19. The predicted octanol–water partition coefficient (Wildman–Crippen LogP) is 3.51. The third-order valence-electron chi connectivity index (χ3n) is 7.23. The van der Waals surface area contributed by atoms with Crippen molar-refractivity contribution < 1.29 is 4.74 Å². The third kappa shape index (κ3) is 5.57. The lowest BCUT2D eigenvalue weighted by Gasteiger charge is -2.26. The van der Waals surface area contributed by atoms with Gasteiger partial charge in [0.1, 0.15) is 5.52 Å². The molecule has 0 radical (unpaired) electrons. The number of rotatable bonds is 7. The number of aryl methyl sites for hydroxylation is 2. The molecule has 0 atom stereocenters. The second-order valence-electron chi connectivity index (χ2n) is 10.6. The minimum Gasteiger partial charge on any atom is -0.404 e. The van der Waals surface area contributed by atoms with Crippen LogP contribution in [0.25, 0.3) is 38.7 Å². The van der Waals surface area contributed by atoms with Crippen molar-refractivity contribution in [2.75, 3.05) is 26.3 Å². The van der Waals surface area contributed by atoms with Crippen LogP contribution in [-0.2, 0) is 25.4 Å². The van der Waals surface area contributed by atoms with Crippen LogP contribution >= 0.6 is 0 Å². The molecule has 9 heteroatoms. The summed E-state index contributed by atoms with van der Waals surface area (Å²) in [6.45, 7) is 8.10. The van der Waals surface area contributed by atoms with Gasteiger partial charge < -0.3 is 24.6 Å². The van der Waals surface area contributed by atoms with Crippen molar-refractivity contribution in [1.29, 1.82) is 0 Å². The monoisotopic (exact) mass is 540 g/mol. The van der Waals surface area contributed by atoms with Gasteiger partial charge in [0, 0.05) is 98.4 Å². The third-order valence-corrected chi connectivity index (χ3v) is 7.23. The first-order valence-corrected chi connectivity index (χ1v) is 13.5. The number of hydrogen-bond donors (Lipinski definition) is 2. The van der Waals surface area contributed by atoms with Gasteiger partial charge in [0.25, 0.3) is 11.1 Å². The van der Waals surface area contributed by atoms with Crippen LogP contribution in [0.4, 0.5) is 0 Å². The molecule has 208 valence electrons. The molecule has 0 aliphatic carbocycles. The number of benzene rings is 1. The number of ether oxygens (including phenoxy) is 1. The summed E-state index contributed by atoms with van der Waals surface area (Å²) in [6, 6.07) is 12.1. The van der Waals surface area contributed by atoms with E-state index in [2.05, 4.69) is 39.1 Å². The van der Waals surface area contributed by atoms with Crippen LogP contribution in [0.5, 0.6) is 0 Å². The van der Waals surface area contributed by atoms with E-state index in [9.17, 15) is 9.59 Å². The van der Waals surface area contributed by atoms with Gasteiger partial charge in [-0.15, -0.1) is 0 Å². The number of aromatic amines is 1. The second kappa shape index (κ2) is 11.5. The van der Waals surface area contributed by atoms with E-state index >= 15 is 0 Å². The first kappa shape index (κ1) is 27.4. The number of hydrogen-bond acceptors (Lipinski definition) is 6. The highest BCUT2D eigenvalue weighted by atomic mass is 16.5. The molecule has 4 aromatic rings. The molecule has 5 rings (SSSR count). The van der Waals surface area contributed by atoms with E-state index in [0.29, 0.717) is 16.8 Å². The summed E-state index contributed by atoms with van der Waals surface area (Å²) in [5.41, 5.74) is 12.1. The van der Waals surface area contributed by atoms with Crippen LogP contribution in [-0.4, -0.2) is 57.6 Å². The normalized spacial score (nSPS) is 15.1. The lowest BCUT2D eigenvalue weighted by Crippen LogP contribution is -2.35. The van der Waals surface area contributed by atoms with Crippen LogP contribution in [0.3, 0.4) is 0 Å². The number of aliphatic imine (C=N–C) groups is 1. The maximum absolute atomic E-state index is 13.2. The highest BCUT2D eigenvalue weighted by Crippen LogP contribution is 2.35. The molecule has 1 fully saturated rings. The molecule has 1 aliphatic rings. The Kier molecular flexibility index (Phi) is 7.86. The SMILES string of the molecule is CC(C)N=CC(=CN)c1cc2c(-c3cc(=O)n(C)cc3-c3cccc(CN4CCOCC4)c3)cn(C)c(=O)c2[nH]1. The van der Waals surface area contributed by atoms with Crippen molar-refractivity contribution in [1.82, 2.24) is 19.0 Å². The van der Waals surface area contributed by atoms with Gasteiger partial charge in [0.05, 0.1) is 13.2 Å². The van der Waals surface area contributed by atoms with Gasteiger partial charge in [-0.3, -0.25) is 19.5 Å². The van der Waals surface area contributed by atoms with Gasteiger partial charge in [-0.2, -0.15) is 0 Å². The first-order valence-electron chi connectivity index (χ1n) is 13.5. The van der Waals surface area contributed by atoms with Gasteiger partial charge in [0.2, 0.25) is 0 Å². The fraction of sp³-hybridized carbons (Fsp3) is 0.323. The molecule has 40 heavy (non-hydrogen) atoms. The fourth-order valence-electron chi connectivity index (χ4n) is 5.07. The number of nitrogens with one attached hydrogen (secondary N) is 1. The van der Waals surface area contributed by atoms with E-state index in [0.717, 1.165) is 60.5 Å². The Morgan fingerprint density at radius 2 is 1.80 bits per heavy atom. The summed E-state index contributed by atoms with van der Waals surface area (Å²) in [7, 11) is 3.47. The molecule has 1 aliphatic heterocycles. The average Bonchev–Trinajstić information content (AvgIpc) is 3.38. The van der Waals surface area contributed by atoms with Gasteiger partial charge in [-0.25, -0.2) is 0 Å². The van der Waals surface area contributed by atoms with Crippen LogP contribution in [0.1, 0.15) is 25.1 Å². The van der Waals surface area contributed by atoms with E-state index in [1.165, 1.54) is 11.8 Å². The summed E-state index contributed by atoms with van der Waals surface area (Å²) in [5, 5.41) is 0.717. The summed E-state index contributed by atoms with van der Waals surface area (Å²) in [6.07, 6.45) is 6.86. The number of H-pyrrole nitrogens is 1. The Morgan fingerprint density at radius 1 is 1.05 bits per heavy atom. The van der Waals surface area contributed by atoms with Crippen molar-refractivity contribution >= 4 is 22.7 Å². The van der Waals surface area contributed by atoms with Gasteiger partial charge in [-0.05, 0) is 42.7 Å². The molecule has 0 unspecified atom stereocenters. The van der Waals surface area contributed by atoms with Crippen molar-refractivity contribution in [2.45, 2.75) is 26.4 Å². The average molecular weight is 541 g/mol. The lowest BCUT2D eigenvalue weighted by molar-refractivity contribution is 0.0342. The molecular formula is C31H36N6O3. The topological polar surface area (TPSA) is 111 Å². The number of nitrogens with zero attached hydrogens (tertiary/aromatic N) is 4. The molecule has 9 nitrogen and oxygen atoms in total. The van der Waals surface area contributed by atoms with E-state index in [1.54, 1.807) is 41.7 Å². The number of allylic oxidation sites excluding steroid dienone is 1. The first-order chi connectivity index (χ1) is 19.2. The minimum absolute atomic E-state index is 0.102. The highest BCUT2D eigenvalue weighted by molar-refractivity contribution is 6.11.